The molecule has 0 aromatic rings. The van der Waals surface area contributed by atoms with Gasteiger partial charge in [0, 0.05) is 6.42 Å². The molecule has 68 valence electrons. The third kappa shape index (κ3) is 2.72. The monoisotopic (exact) mass is 189 g/mol. The maximum Gasteiger partial charge on any atom is 0.320 e. The zero-order chi connectivity index (χ0) is 8.27. The Bertz CT molecular complexity index is 200. The highest BCUT2D eigenvalue weighted by molar-refractivity contribution is 5.85. The number of aliphatic carboxylic acids is 1. The van der Waals surface area contributed by atoms with Gasteiger partial charge in [0.2, 0.25) is 0 Å². The number of carbonyl (C=O) groups is 1. The molecule has 0 spiro atoms. The van der Waals surface area contributed by atoms with Crippen molar-refractivity contribution in [3.8, 4) is 12.3 Å². The molecule has 0 unspecified atom stereocenters. The maximum atomic E-state index is 10.4. The van der Waals surface area contributed by atoms with Crippen molar-refractivity contribution in [3.63, 3.8) is 0 Å². The summed E-state index contributed by atoms with van der Waals surface area (Å²) in [7, 11) is 0. The summed E-state index contributed by atoms with van der Waals surface area (Å²) in [5.41, 5.74) is 0. The van der Waals surface area contributed by atoms with Crippen LogP contribution in [0, 0.1) is 18.3 Å². The highest BCUT2D eigenvalue weighted by atomic mass is 35.5. The molecule has 1 fully saturated rings. The second kappa shape index (κ2) is 5.02. The number of terminal acetylenes is 1. The van der Waals surface area contributed by atoms with Crippen LogP contribution in [0.2, 0.25) is 0 Å². The lowest BCUT2D eigenvalue weighted by Crippen LogP contribution is -2.29. The maximum absolute atomic E-state index is 10.4. The Kier molecular flexibility index (Phi) is 4.72. The third-order valence-electron chi connectivity index (χ3n) is 1.93. The van der Waals surface area contributed by atoms with Gasteiger partial charge in [-0.2, -0.15) is 0 Å². The fraction of sp³-hybridized carbons (Fsp3) is 0.625. The predicted octanol–water partition coefficient (Wildman–Crippen LogP) is 0.494. The summed E-state index contributed by atoms with van der Waals surface area (Å²) in [6.45, 7) is 0.737. The Hall–Kier alpha value is -0.720. The van der Waals surface area contributed by atoms with Crippen LogP contribution in [0.25, 0.3) is 0 Å². The van der Waals surface area contributed by atoms with Crippen LogP contribution in [0.4, 0.5) is 0 Å². The molecule has 1 rings (SSSR count). The standard InChI is InChI=1S/C8H11NO2.ClH/c1-2-3-6-4-7(8(10)11)9-5-6;/h1,6-7,9H,3-5H2,(H,10,11);1H/t6-,7+;/m1./s1. The normalized spacial score (nSPS) is 27.2. The van der Waals surface area contributed by atoms with Crippen LogP contribution in [-0.4, -0.2) is 23.7 Å². The van der Waals surface area contributed by atoms with E-state index in [1.54, 1.807) is 0 Å². The lowest BCUT2D eigenvalue weighted by atomic mass is 10.0. The van der Waals surface area contributed by atoms with Crippen molar-refractivity contribution < 1.29 is 9.90 Å². The van der Waals surface area contributed by atoms with Gasteiger partial charge in [-0.15, -0.1) is 24.8 Å². The number of carboxylic acid groups (broad SMARTS) is 1. The van der Waals surface area contributed by atoms with Crippen LogP contribution in [0.3, 0.4) is 0 Å². The summed E-state index contributed by atoms with van der Waals surface area (Å²) in [5.74, 6) is 2.11. The van der Waals surface area contributed by atoms with E-state index in [0.717, 1.165) is 6.54 Å². The van der Waals surface area contributed by atoms with E-state index >= 15 is 0 Å². The lowest BCUT2D eigenvalue weighted by Gasteiger charge is -2.01. The van der Waals surface area contributed by atoms with Crippen LogP contribution in [0.15, 0.2) is 0 Å². The van der Waals surface area contributed by atoms with E-state index < -0.39 is 5.97 Å². The molecule has 2 atom stereocenters. The molecule has 0 bridgehead atoms. The first-order valence-corrected chi connectivity index (χ1v) is 3.63. The quantitative estimate of drug-likeness (QED) is 0.622. The van der Waals surface area contributed by atoms with Gasteiger partial charge < -0.3 is 10.4 Å². The molecule has 0 aromatic heterocycles. The van der Waals surface area contributed by atoms with E-state index in [0.29, 0.717) is 18.8 Å². The number of nitrogens with one attached hydrogen (secondary N) is 1. The van der Waals surface area contributed by atoms with Crippen LogP contribution >= 0.6 is 12.4 Å². The van der Waals surface area contributed by atoms with Gasteiger partial charge in [0.05, 0.1) is 0 Å². The summed E-state index contributed by atoms with van der Waals surface area (Å²) in [5, 5.41) is 11.5. The Morgan fingerprint density at radius 2 is 2.42 bits per heavy atom. The van der Waals surface area contributed by atoms with Gasteiger partial charge in [0.25, 0.3) is 0 Å². The average Bonchev–Trinajstić information content (AvgIpc) is 2.37. The number of hydrogen-bond acceptors (Lipinski definition) is 2. The molecule has 12 heavy (non-hydrogen) atoms. The van der Waals surface area contributed by atoms with Gasteiger partial charge in [-0.1, -0.05) is 0 Å². The van der Waals surface area contributed by atoms with E-state index in [1.165, 1.54) is 0 Å². The van der Waals surface area contributed by atoms with E-state index in [4.69, 9.17) is 11.5 Å². The molecule has 1 saturated heterocycles. The molecule has 0 radical (unpaired) electrons. The zero-order valence-electron chi connectivity index (χ0n) is 6.62. The van der Waals surface area contributed by atoms with Crippen LogP contribution in [0.5, 0.6) is 0 Å². The number of halogens is 1. The lowest BCUT2D eigenvalue weighted by molar-refractivity contribution is -0.139. The van der Waals surface area contributed by atoms with Gasteiger partial charge in [-0.05, 0) is 18.9 Å². The van der Waals surface area contributed by atoms with Crippen molar-refractivity contribution in [2.75, 3.05) is 6.54 Å². The molecule has 1 aliphatic heterocycles. The molecule has 0 aliphatic carbocycles. The number of rotatable bonds is 2. The van der Waals surface area contributed by atoms with E-state index in [2.05, 4.69) is 11.2 Å². The van der Waals surface area contributed by atoms with Crippen molar-refractivity contribution in [2.45, 2.75) is 18.9 Å². The third-order valence-corrected chi connectivity index (χ3v) is 1.93. The Balaban J connectivity index is 0.00000121. The Labute approximate surface area is 77.9 Å². The van der Waals surface area contributed by atoms with Gasteiger partial charge >= 0.3 is 5.97 Å². The Morgan fingerprint density at radius 3 is 2.83 bits per heavy atom. The summed E-state index contributed by atoms with van der Waals surface area (Å²) in [4.78, 5) is 10.4. The molecular weight excluding hydrogens is 178 g/mol. The highest BCUT2D eigenvalue weighted by Gasteiger charge is 2.28. The largest absolute Gasteiger partial charge is 0.480 e. The van der Waals surface area contributed by atoms with E-state index in [-0.39, 0.29) is 18.4 Å². The smallest absolute Gasteiger partial charge is 0.320 e. The number of carboxylic acids is 1. The first-order valence-electron chi connectivity index (χ1n) is 3.63. The minimum Gasteiger partial charge on any atom is -0.480 e. The average molecular weight is 190 g/mol. The molecule has 1 aliphatic rings. The molecule has 4 heteroatoms. The molecule has 0 aromatic carbocycles. The number of hydrogen-bond donors (Lipinski definition) is 2. The van der Waals surface area contributed by atoms with Crippen molar-refractivity contribution in [1.82, 2.24) is 5.32 Å². The summed E-state index contributed by atoms with van der Waals surface area (Å²) < 4.78 is 0. The summed E-state index contributed by atoms with van der Waals surface area (Å²) in [6.07, 6.45) is 6.45. The fourth-order valence-electron chi connectivity index (χ4n) is 1.32. The predicted molar refractivity (Wildman–Crippen MR) is 48.2 cm³/mol. The van der Waals surface area contributed by atoms with Crippen LogP contribution in [-0.2, 0) is 4.79 Å². The molecule has 0 saturated carbocycles. The van der Waals surface area contributed by atoms with Crippen LogP contribution in [0.1, 0.15) is 12.8 Å². The van der Waals surface area contributed by atoms with Gasteiger partial charge in [0.15, 0.2) is 0 Å². The molecule has 2 N–H and O–H groups in total. The van der Waals surface area contributed by atoms with Crippen molar-refractivity contribution in [2.24, 2.45) is 5.92 Å². The SMILES string of the molecule is C#CC[C@H]1CN[C@H](C(=O)O)C1.Cl. The second-order valence-corrected chi connectivity index (χ2v) is 2.81. The Morgan fingerprint density at radius 1 is 1.75 bits per heavy atom. The summed E-state index contributed by atoms with van der Waals surface area (Å²) >= 11 is 0. The highest BCUT2D eigenvalue weighted by Crippen LogP contribution is 2.16. The van der Waals surface area contributed by atoms with Gasteiger partial charge in [-0.3, -0.25) is 4.79 Å². The fourth-order valence-corrected chi connectivity index (χ4v) is 1.32. The van der Waals surface area contributed by atoms with Gasteiger partial charge in [-0.25, -0.2) is 0 Å². The first-order chi connectivity index (χ1) is 5.24. The first kappa shape index (κ1) is 11.3. The molecular formula is C8H12ClNO2. The minimum absolute atomic E-state index is 0. The van der Waals surface area contributed by atoms with Crippen molar-refractivity contribution >= 4 is 18.4 Å². The zero-order valence-corrected chi connectivity index (χ0v) is 7.43. The molecule has 1 heterocycles. The van der Waals surface area contributed by atoms with Gasteiger partial charge in [0.1, 0.15) is 6.04 Å². The molecule has 0 amide bonds. The summed E-state index contributed by atoms with van der Waals surface area (Å²) in [6, 6.07) is -0.381. The molecule has 3 nitrogen and oxygen atoms in total. The van der Waals surface area contributed by atoms with Crippen molar-refractivity contribution in [3.05, 3.63) is 0 Å². The van der Waals surface area contributed by atoms with Crippen molar-refractivity contribution in [1.29, 1.82) is 0 Å². The topological polar surface area (TPSA) is 49.3 Å². The van der Waals surface area contributed by atoms with E-state index in [9.17, 15) is 4.79 Å². The second-order valence-electron chi connectivity index (χ2n) is 2.81. The van der Waals surface area contributed by atoms with Crippen LogP contribution < -0.4 is 5.32 Å². The van der Waals surface area contributed by atoms with E-state index in [1.807, 2.05) is 0 Å². The minimum atomic E-state index is -0.774.